The van der Waals surface area contributed by atoms with Crippen molar-refractivity contribution in [3.8, 4) is 22.3 Å². The first-order valence-corrected chi connectivity index (χ1v) is 19.7. The minimum absolute atomic E-state index is 0.00331. The smallest absolute Gasteiger partial charge is 0.189 e. The number of fused-ring (bicyclic) bond motifs is 2. The molecule has 0 aliphatic carbocycles. The van der Waals surface area contributed by atoms with Crippen molar-refractivity contribution in [3.63, 3.8) is 0 Å². The van der Waals surface area contributed by atoms with Gasteiger partial charge in [-0.3, -0.25) is 0 Å². The van der Waals surface area contributed by atoms with Gasteiger partial charge in [0.15, 0.2) is 5.30 Å². The fraction of sp³-hybridized carbons (Fsp3) is 0.435. The molecule has 0 unspecified atom stereocenters. The van der Waals surface area contributed by atoms with Crippen molar-refractivity contribution in [2.45, 2.75) is 131 Å². The Hall–Kier alpha value is -3.07. The molecular weight excluding hydrogens is 631 g/mol. The summed E-state index contributed by atoms with van der Waals surface area (Å²) < 4.78 is 0. The van der Waals surface area contributed by atoms with Gasteiger partial charge in [-0.15, -0.1) is 0 Å². The average Bonchev–Trinajstić information content (AvgIpc) is 2.95. The van der Waals surface area contributed by atoms with Crippen molar-refractivity contribution in [1.82, 2.24) is 0 Å². The molecule has 0 aromatic heterocycles. The van der Waals surface area contributed by atoms with Gasteiger partial charge < -0.3 is 0 Å². The summed E-state index contributed by atoms with van der Waals surface area (Å²) in [5.74, 6) is 0. The van der Waals surface area contributed by atoms with Crippen molar-refractivity contribution in [1.29, 1.82) is 0 Å². The van der Waals surface area contributed by atoms with Crippen LogP contribution in [0.2, 0.25) is 0 Å². The third-order valence-electron chi connectivity index (χ3n) is 10.1. The van der Waals surface area contributed by atoms with E-state index in [1.807, 2.05) is 6.07 Å². The summed E-state index contributed by atoms with van der Waals surface area (Å²) >= 11 is 0. The van der Waals surface area contributed by atoms with Gasteiger partial charge in [-0.2, -0.15) is 14.7 Å². The first kappa shape index (κ1) is 38.2. The van der Waals surface area contributed by atoms with Gasteiger partial charge in [0.2, 0.25) is 0 Å². The summed E-state index contributed by atoms with van der Waals surface area (Å²) in [5, 5.41) is 4.79. The van der Waals surface area contributed by atoms with Crippen LogP contribution in [0.4, 0.5) is 0 Å². The molecule has 5 rings (SSSR count). The normalized spacial score (nSPS) is 13.8. The molecule has 5 aromatic carbocycles. The maximum atomic E-state index is 11.2. The average molecular weight is 692 g/mol. The fourth-order valence-corrected chi connectivity index (χ4v) is 8.12. The molecule has 0 heterocycles. The van der Waals surface area contributed by atoms with Crippen LogP contribution in [0.15, 0.2) is 72.8 Å². The van der Waals surface area contributed by atoms with Gasteiger partial charge in [0.05, 0.1) is 0 Å². The van der Waals surface area contributed by atoms with Crippen molar-refractivity contribution in [3.05, 3.63) is 101 Å². The quantitative estimate of drug-likeness (QED) is 0.165. The van der Waals surface area contributed by atoms with Crippen LogP contribution < -0.4 is 5.30 Å². The minimum atomic E-state index is -4.45. The van der Waals surface area contributed by atoms with Crippen LogP contribution in [0.3, 0.4) is 0 Å². The van der Waals surface area contributed by atoms with Crippen LogP contribution >= 0.6 is 7.94 Å². The Bertz CT molecular complexity index is 2090. The molecule has 0 aliphatic rings. The van der Waals surface area contributed by atoms with Gasteiger partial charge in [0, 0.05) is 5.56 Å². The van der Waals surface area contributed by atoms with E-state index < -0.39 is 13.4 Å². The molecule has 0 atom stereocenters. The highest BCUT2D eigenvalue weighted by molar-refractivity contribution is 7.67. The van der Waals surface area contributed by atoms with Crippen molar-refractivity contribution >= 4 is 34.8 Å². The summed E-state index contributed by atoms with van der Waals surface area (Å²) in [6.45, 7) is 33.4. The van der Waals surface area contributed by atoms with Crippen molar-refractivity contribution < 1.29 is 14.7 Å². The van der Waals surface area contributed by atoms with E-state index in [1.54, 1.807) is 6.07 Å². The molecular formula is C46H60O3P+. The standard InChI is InChI=1S/C46H60O3P/c1-42(2,3)32-18-16-28-24-35(37(44(7,8)9)26-30(28)22-32)34-20-21-39(50(47,48)49)40(41(34)46(13,14)15)36-25-29-17-19-33(43(4,5)6)23-31(29)27-38(36)45(10,11)12/h16-27,47-49H,1-15H3/q+1. The number of rotatable bonds is 3. The second-order valence-electron chi connectivity index (χ2n) is 19.6. The van der Waals surface area contributed by atoms with E-state index in [9.17, 15) is 14.7 Å². The second kappa shape index (κ2) is 12.3. The summed E-state index contributed by atoms with van der Waals surface area (Å²) in [7, 11) is -4.45. The van der Waals surface area contributed by atoms with E-state index in [1.165, 1.54) is 22.1 Å². The van der Waals surface area contributed by atoms with Crippen LogP contribution in [0.5, 0.6) is 0 Å². The lowest BCUT2D eigenvalue weighted by atomic mass is 9.71. The third kappa shape index (κ3) is 7.44. The van der Waals surface area contributed by atoms with Gasteiger partial charge in [0.25, 0.3) is 0 Å². The summed E-state index contributed by atoms with van der Waals surface area (Å²) in [6, 6.07) is 26.4. The molecule has 0 radical (unpaired) electrons. The maximum absolute atomic E-state index is 11.2. The van der Waals surface area contributed by atoms with Gasteiger partial charge in [0.1, 0.15) is 0 Å². The first-order valence-electron chi connectivity index (χ1n) is 18.0. The number of hydrogen-bond donors (Lipinski definition) is 3. The Kier molecular flexibility index (Phi) is 9.37. The highest BCUT2D eigenvalue weighted by Gasteiger charge is 2.42. The Morgan fingerprint density at radius 1 is 0.380 bits per heavy atom. The Morgan fingerprint density at radius 3 is 1.18 bits per heavy atom. The van der Waals surface area contributed by atoms with E-state index in [0.717, 1.165) is 44.0 Å². The van der Waals surface area contributed by atoms with Crippen molar-refractivity contribution in [2.75, 3.05) is 0 Å². The number of hydrogen-bond acceptors (Lipinski definition) is 3. The monoisotopic (exact) mass is 691 g/mol. The molecule has 3 nitrogen and oxygen atoms in total. The zero-order chi connectivity index (χ0) is 37.6. The molecule has 0 fully saturated rings. The van der Waals surface area contributed by atoms with Crippen molar-refractivity contribution in [2.24, 2.45) is 0 Å². The highest BCUT2D eigenvalue weighted by atomic mass is 31.2. The fourth-order valence-electron chi connectivity index (χ4n) is 7.32. The van der Waals surface area contributed by atoms with E-state index in [4.69, 9.17) is 0 Å². The highest BCUT2D eigenvalue weighted by Crippen LogP contribution is 2.53. The minimum Gasteiger partial charge on any atom is -0.189 e. The lowest BCUT2D eigenvalue weighted by Gasteiger charge is -2.33. The number of benzene rings is 5. The Balaban J connectivity index is 1.98. The Morgan fingerprint density at radius 2 is 0.800 bits per heavy atom. The molecule has 266 valence electrons. The zero-order valence-electron chi connectivity index (χ0n) is 33.2. The molecule has 3 N–H and O–H groups in total. The van der Waals surface area contributed by atoms with Crippen LogP contribution in [0, 0.1) is 0 Å². The lowest BCUT2D eigenvalue weighted by molar-refractivity contribution is 0.347. The molecule has 5 aromatic rings. The summed E-state index contributed by atoms with van der Waals surface area (Å²) in [6.07, 6.45) is 0. The van der Waals surface area contributed by atoms with E-state index >= 15 is 0 Å². The van der Waals surface area contributed by atoms with E-state index in [0.29, 0.717) is 5.56 Å². The molecule has 50 heavy (non-hydrogen) atoms. The molecule has 0 spiro atoms. The predicted molar refractivity (Wildman–Crippen MR) is 219 cm³/mol. The molecule has 0 saturated heterocycles. The maximum Gasteiger partial charge on any atom is 0.441 e. The largest absolute Gasteiger partial charge is 0.441 e. The van der Waals surface area contributed by atoms with Gasteiger partial charge in [-0.1, -0.05) is 140 Å². The molecule has 4 heteroatoms. The van der Waals surface area contributed by atoms with Crippen LogP contribution in [0.1, 0.15) is 132 Å². The lowest BCUT2D eigenvalue weighted by Crippen LogP contribution is -2.25. The van der Waals surface area contributed by atoms with Crippen LogP contribution in [-0.2, 0) is 27.1 Å². The topological polar surface area (TPSA) is 60.7 Å². The van der Waals surface area contributed by atoms with Gasteiger partial charge >= 0.3 is 7.94 Å². The zero-order valence-corrected chi connectivity index (χ0v) is 34.1. The SMILES string of the molecule is CC(C)(C)c1ccc2cc(-c3ccc([P+](O)(O)O)c(-c4cc5ccc(C(C)(C)C)cc5cc4C(C)(C)C)c3C(C)(C)C)c(C(C)(C)C)cc2c1. The summed E-state index contributed by atoms with van der Waals surface area (Å²) in [5.41, 5.74) is 8.82. The summed E-state index contributed by atoms with van der Waals surface area (Å²) in [4.78, 5) is 33.5. The van der Waals surface area contributed by atoms with E-state index in [2.05, 4.69) is 165 Å². The Labute approximate surface area is 302 Å². The van der Waals surface area contributed by atoms with Gasteiger partial charge in [-0.05, 0) is 130 Å². The predicted octanol–water partition coefficient (Wildman–Crippen LogP) is 12.2. The van der Waals surface area contributed by atoms with Gasteiger partial charge in [-0.25, -0.2) is 0 Å². The molecule has 0 aliphatic heterocycles. The molecule has 0 saturated carbocycles. The van der Waals surface area contributed by atoms with E-state index in [-0.39, 0.29) is 27.0 Å². The third-order valence-corrected chi connectivity index (χ3v) is 11.1. The first-order chi connectivity index (χ1) is 22.6. The second-order valence-corrected chi connectivity index (χ2v) is 21.2. The molecule has 0 amide bonds. The molecule has 0 bridgehead atoms. The van der Waals surface area contributed by atoms with Crippen LogP contribution in [-0.4, -0.2) is 14.7 Å². The van der Waals surface area contributed by atoms with Crippen LogP contribution in [0.25, 0.3) is 43.8 Å².